The third kappa shape index (κ3) is 5.35. The predicted octanol–water partition coefficient (Wildman–Crippen LogP) is 2.81. The maximum Gasteiger partial charge on any atom is 0.242 e. The van der Waals surface area contributed by atoms with E-state index in [-0.39, 0.29) is 30.1 Å². The number of likely N-dealkylation sites (tertiary alicyclic amines) is 1. The van der Waals surface area contributed by atoms with Gasteiger partial charge in [-0.25, -0.2) is 0 Å². The summed E-state index contributed by atoms with van der Waals surface area (Å²) in [5, 5.41) is 2.93. The van der Waals surface area contributed by atoms with Gasteiger partial charge in [-0.05, 0) is 38.3 Å². The zero-order chi connectivity index (χ0) is 18.4. The quantitative estimate of drug-likeness (QED) is 0.791. The van der Waals surface area contributed by atoms with Gasteiger partial charge in [0.15, 0.2) is 0 Å². The molecule has 0 bridgehead atoms. The van der Waals surface area contributed by atoms with E-state index in [1.54, 1.807) is 18.9 Å². The summed E-state index contributed by atoms with van der Waals surface area (Å²) in [6, 6.07) is 7.35. The van der Waals surface area contributed by atoms with Gasteiger partial charge in [-0.2, -0.15) is 0 Å². The van der Waals surface area contributed by atoms with E-state index in [9.17, 15) is 9.59 Å². The van der Waals surface area contributed by atoms with Gasteiger partial charge in [0, 0.05) is 19.0 Å². The number of nitrogens with zero attached hydrogens (tertiary/aromatic N) is 1. The average Bonchev–Trinajstić information content (AvgIpc) is 2.61. The van der Waals surface area contributed by atoms with Crippen LogP contribution in [0, 0.1) is 5.92 Å². The van der Waals surface area contributed by atoms with Crippen LogP contribution in [0.15, 0.2) is 24.3 Å². The van der Waals surface area contributed by atoms with Crippen LogP contribution < -0.4 is 15.8 Å². The third-order valence-corrected chi connectivity index (χ3v) is 4.78. The number of hydrogen-bond donors (Lipinski definition) is 2. The van der Waals surface area contributed by atoms with E-state index >= 15 is 0 Å². The molecule has 2 amide bonds. The highest BCUT2D eigenvalue weighted by molar-refractivity contribution is 5.94. The average molecular weight is 384 g/mol. The molecule has 6 nitrogen and oxygen atoms in total. The second-order valence-corrected chi connectivity index (χ2v) is 6.92. The smallest absolute Gasteiger partial charge is 0.242 e. The van der Waals surface area contributed by atoms with Gasteiger partial charge in [0.25, 0.3) is 0 Å². The van der Waals surface area contributed by atoms with Crippen LogP contribution in [0.2, 0.25) is 0 Å². The van der Waals surface area contributed by atoms with Gasteiger partial charge in [0.1, 0.15) is 5.75 Å². The molecule has 1 fully saturated rings. The molecule has 0 spiro atoms. The molecule has 1 saturated heterocycles. The number of nitrogens with one attached hydrogen (secondary N) is 1. The SMILES string of the molecule is CCCC(C)(N)C(=O)N1CCC(C(=O)Nc2ccccc2OC)CC1.Cl. The van der Waals surface area contributed by atoms with Crippen molar-refractivity contribution >= 4 is 29.9 Å². The van der Waals surface area contributed by atoms with Crippen LogP contribution in [0.25, 0.3) is 0 Å². The summed E-state index contributed by atoms with van der Waals surface area (Å²) >= 11 is 0. The predicted molar refractivity (Wildman–Crippen MR) is 106 cm³/mol. The Balaban J connectivity index is 0.00000338. The van der Waals surface area contributed by atoms with E-state index in [0.29, 0.717) is 43.8 Å². The minimum absolute atomic E-state index is 0. The molecule has 26 heavy (non-hydrogen) atoms. The number of para-hydroxylation sites is 2. The lowest BCUT2D eigenvalue weighted by Gasteiger charge is -2.36. The van der Waals surface area contributed by atoms with E-state index in [1.165, 1.54) is 0 Å². The molecule has 1 aliphatic rings. The van der Waals surface area contributed by atoms with Gasteiger partial charge in [0.05, 0.1) is 18.3 Å². The number of rotatable bonds is 6. The van der Waals surface area contributed by atoms with Crippen molar-refractivity contribution < 1.29 is 14.3 Å². The van der Waals surface area contributed by atoms with E-state index in [0.717, 1.165) is 6.42 Å². The highest BCUT2D eigenvalue weighted by Gasteiger charge is 2.35. The second-order valence-electron chi connectivity index (χ2n) is 6.92. The first kappa shape index (κ1) is 22.3. The van der Waals surface area contributed by atoms with Crippen molar-refractivity contribution in [3.05, 3.63) is 24.3 Å². The second kappa shape index (κ2) is 9.78. The number of amides is 2. The topological polar surface area (TPSA) is 84.7 Å². The summed E-state index contributed by atoms with van der Waals surface area (Å²) in [6.45, 7) is 4.95. The number of nitrogens with two attached hydrogens (primary N) is 1. The molecular weight excluding hydrogens is 354 g/mol. The number of ether oxygens (including phenoxy) is 1. The van der Waals surface area contributed by atoms with Crippen LogP contribution in [0.3, 0.4) is 0 Å². The Morgan fingerprint density at radius 3 is 2.50 bits per heavy atom. The van der Waals surface area contributed by atoms with Gasteiger partial charge in [-0.1, -0.05) is 25.5 Å². The maximum absolute atomic E-state index is 12.5. The van der Waals surface area contributed by atoms with Crippen LogP contribution in [-0.2, 0) is 9.59 Å². The van der Waals surface area contributed by atoms with E-state index in [4.69, 9.17) is 10.5 Å². The van der Waals surface area contributed by atoms with Crippen molar-refractivity contribution in [1.29, 1.82) is 0 Å². The molecule has 1 unspecified atom stereocenters. The fourth-order valence-corrected chi connectivity index (χ4v) is 3.31. The highest BCUT2D eigenvalue weighted by Crippen LogP contribution is 2.26. The van der Waals surface area contributed by atoms with Gasteiger partial charge >= 0.3 is 0 Å². The van der Waals surface area contributed by atoms with Crippen molar-refractivity contribution in [2.24, 2.45) is 11.7 Å². The number of benzene rings is 1. The van der Waals surface area contributed by atoms with E-state index in [1.807, 2.05) is 31.2 Å². The Kier molecular flexibility index (Phi) is 8.37. The molecule has 1 heterocycles. The molecule has 7 heteroatoms. The Bertz CT molecular complexity index is 614. The number of anilines is 1. The summed E-state index contributed by atoms with van der Waals surface area (Å²) < 4.78 is 5.26. The van der Waals surface area contributed by atoms with Gasteiger partial charge in [-0.3, -0.25) is 9.59 Å². The lowest BCUT2D eigenvalue weighted by molar-refractivity contribution is -0.139. The van der Waals surface area contributed by atoms with Crippen LogP contribution in [0.4, 0.5) is 5.69 Å². The van der Waals surface area contributed by atoms with Crippen LogP contribution in [-0.4, -0.2) is 42.5 Å². The van der Waals surface area contributed by atoms with Gasteiger partial charge in [-0.15, -0.1) is 12.4 Å². The van der Waals surface area contributed by atoms with Crippen molar-refractivity contribution in [3.8, 4) is 5.75 Å². The first-order chi connectivity index (χ1) is 11.9. The van der Waals surface area contributed by atoms with Crippen molar-refractivity contribution in [2.75, 3.05) is 25.5 Å². The highest BCUT2D eigenvalue weighted by atomic mass is 35.5. The zero-order valence-electron chi connectivity index (χ0n) is 15.8. The van der Waals surface area contributed by atoms with Crippen molar-refractivity contribution in [3.63, 3.8) is 0 Å². The Morgan fingerprint density at radius 1 is 1.31 bits per heavy atom. The molecule has 0 radical (unpaired) electrons. The van der Waals surface area contributed by atoms with Crippen LogP contribution in [0.5, 0.6) is 5.75 Å². The lowest BCUT2D eigenvalue weighted by Crippen LogP contribution is -2.55. The molecule has 1 aliphatic heterocycles. The van der Waals surface area contributed by atoms with Gasteiger partial charge < -0.3 is 20.7 Å². The fourth-order valence-electron chi connectivity index (χ4n) is 3.31. The maximum atomic E-state index is 12.5. The van der Waals surface area contributed by atoms with E-state index in [2.05, 4.69) is 5.32 Å². The molecular formula is C19H30ClN3O3. The number of carbonyl (C=O) groups excluding carboxylic acids is 2. The molecule has 1 atom stereocenters. The molecule has 0 aromatic heterocycles. The molecule has 1 aromatic carbocycles. The minimum atomic E-state index is -0.818. The van der Waals surface area contributed by atoms with Crippen LogP contribution in [0.1, 0.15) is 39.5 Å². The number of halogens is 1. The normalized spacial score (nSPS) is 17.0. The molecule has 3 N–H and O–H groups in total. The number of carbonyl (C=O) groups is 2. The van der Waals surface area contributed by atoms with Crippen molar-refractivity contribution in [1.82, 2.24) is 4.90 Å². The summed E-state index contributed by atoms with van der Waals surface area (Å²) in [5.41, 5.74) is 6.00. The number of hydrogen-bond acceptors (Lipinski definition) is 4. The Labute approximate surface area is 161 Å². The minimum Gasteiger partial charge on any atom is -0.495 e. The standard InChI is InChI=1S/C19H29N3O3.ClH/c1-4-11-19(2,20)18(24)22-12-9-14(10-13-22)17(23)21-15-7-5-6-8-16(15)25-3;/h5-8,14H,4,9-13,20H2,1-3H3,(H,21,23);1H. The number of methoxy groups -OCH3 is 1. The summed E-state index contributed by atoms with van der Waals surface area (Å²) in [5.74, 6) is 0.490. The molecule has 1 aromatic rings. The largest absolute Gasteiger partial charge is 0.495 e. The Morgan fingerprint density at radius 2 is 1.92 bits per heavy atom. The van der Waals surface area contributed by atoms with Crippen LogP contribution >= 0.6 is 12.4 Å². The lowest BCUT2D eigenvalue weighted by atomic mass is 9.91. The number of piperidine rings is 1. The first-order valence-electron chi connectivity index (χ1n) is 8.91. The zero-order valence-corrected chi connectivity index (χ0v) is 16.6. The third-order valence-electron chi connectivity index (χ3n) is 4.78. The molecule has 0 aliphatic carbocycles. The van der Waals surface area contributed by atoms with Gasteiger partial charge in [0.2, 0.25) is 11.8 Å². The summed E-state index contributed by atoms with van der Waals surface area (Å²) in [7, 11) is 1.58. The molecule has 2 rings (SSSR count). The first-order valence-corrected chi connectivity index (χ1v) is 8.91. The fraction of sp³-hybridized carbons (Fsp3) is 0.579. The molecule has 0 saturated carbocycles. The summed E-state index contributed by atoms with van der Waals surface area (Å²) in [6.07, 6.45) is 2.83. The molecule has 146 valence electrons. The summed E-state index contributed by atoms with van der Waals surface area (Å²) in [4.78, 5) is 26.9. The monoisotopic (exact) mass is 383 g/mol. The Hall–Kier alpha value is -1.79. The van der Waals surface area contributed by atoms with Crippen molar-refractivity contribution in [2.45, 2.75) is 45.1 Å². The van der Waals surface area contributed by atoms with E-state index < -0.39 is 5.54 Å².